The van der Waals surface area contributed by atoms with E-state index < -0.39 is 0 Å². The summed E-state index contributed by atoms with van der Waals surface area (Å²) in [5.74, 6) is 0.713. The van der Waals surface area contributed by atoms with Crippen molar-refractivity contribution in [2.75, 3.05) is 31.1 Å². The maximum Gasteiger partial charge on any atom is 0.146 e. The van der Waals surface area contributed by atoms with E-state index in [4.69, 9.17) is 21.6 Å². The van der Waals surface area contributed by atoms with Crippen molar-refractivity contribution in [1.29, 1.82) is 0 Å². The molecular weight excluding hydrogens is 527 g/mol. The van der Waals surface area contributed by atoms with Gasteiger partial charge in [-0.3, -0.25) is 0 Å². The van der Waals surface area contributed by atoms with Crippen molar-refractivity contribution in [3.8, 4) is 21.8 Å². The lowest BCUT2D eigenvalue weighted by atomic mass is 10.1. The van der Waals surface area contributed by atoms with Gasteiger partial charge in [0.15, 0.2) is 0 Å². The summed E-state index contributed by atoms with van der Waals surface area (Å²) in [6, 6.07) is 35.0. The van der Waals surface area contributed by atoms with E-state index in [1.165, 1.54) is 12.1 Å². The number of aromatic nitrogens is 1. The minimum absolute atomic E-state index is 0.215. The Labute approximate surface area is 236 Å². The fourth-order valence-electron chi connectivity index (χ4n) is 4.72. The van der Waals surface area contributed by atoms with Gasteiger partial charge in [-0.25, -0.2) is 14.4 Å². The Kier molecular flexibility index (Phi) is 7.39. The van der Waals surface area contributed by atoms with Gasteiger partial charge in [-0.2, -0.15) is 0 Å². The van der Waals surface area contributed by atoms with Crippen LogP contribution in [0.2, 0.25) is 5.02 Å². The van der Waals surface area contributed by atoms with E-state index in [9.17, 15) is 4.39 Å². The quantitative estimate of drug-likeness (QED) is 0.163. The molecule has 4 nitrogen and oxygen atoms in total. The number of hydrogen-bond acceptors (Lipinski definition) is 4. The van der Waals surface area contributed by atoms with E-state index in [-0.39, 0.29) is 5.82 Å². The molecule has 194 valence electrons. The number of benzene rings is 4. The predicted molar refractivity (Wildman–Crippen MR) is 161 cm³/mol. The van der Waals surface area contributed by atoms with E-state index in [1.54, 1.807) is 11.3 Å². The molecule has 0 bridgehead atoms. The molecule has 1 aliphatic rings. The highest BCUT2D eigenvalue weighted by Crippen LogP contribution is 2.40. The first kappa shape index (κ1) is 25.3. The first-order chi connectivity index (χ1) is 19.1. The van der Waals surface area contributed by atoms with Crippen LogP contribution in [0.5, 0.6) is 0 Å². The van der Waals surface area contributed by atoms with Crippen molar-refractivity contribution in [2.24, 2.45) is 4.99 Å². The number of amidine groups is 1. The molecule has 6 rings (SSSR count). The molecule has 39 heavy (non-hydrogen) atoms. The Hall–Kier alpha value is -4.00. The largest absolute Gasteiger partial charge is 0.368 e. The molecule has 0 amide bonds. The van der Waals surface area contributed by atoms with Crippen molar-refractivity contribution < 1.29 is 4.39 Å². The maximum absolute atomic E-state index is 13.4. The van der Waals surface area contributed by atoms with Crippen LogP contribution in [0, 0.1) is 5.82 Å². The average Bonchev–Trinajstić information content (AvgIpc) is 3.42. The van der Waals surface area contributed by atoms with E-state index in [2.05, 4.69) is 34.1 Å². The van der Waals surface area contributed by atoms with Gasteiger partial charge < -0.3 is 9.80 Å². The van der Waals surface area contributed by atoms with Crippen LogP contribution in [-0.4, -0.2) is 41.9 Å². The van der Waals surface area contributed by atoms with Crippen LogP contribution in [0.4, 0.5) is 15.1 Å². The third kappa shape index (κ3) is 5.72. The molecule has 1 fully saturated rings. The molecule has 0 spiro atoms. The van der Waals surface area contributed by atoms with Crippen molar-refractivity contribution in [3.63, 3.8) is 0 Å². The van der Waals surface area contributed by atoms with E-state index in [0.29, 0.717) is 5.02 Å². The molecule has 5 aromatic rings. The third-order valence-electron chi connectivity index (χ3n) is 6.76. The lowest BCUT2D eigenvalue weighted by Gasteiger charge is -2.37. The molecule has 0 atom stereocenters. The Morgan fingerprint density at radius 3 is 2.05 bits per heavy atom. The summed E-state index contributed by atoms with van der Waals surface area (Å²) in [5, 5.41) is 2.46. The van der Waals surface area contributed by atoms with E-state index in [1.807, 2.05) is 72.8 Å². The van der Waals surface area contributed by atoms with Crippen molar-refractivity contribution in [2.45, 2.75) is 0 Å². The number of nitrogens with zero attached hydrogens (tertiary/aromatic N) is 4. The maximum atomic E-state index is 13.4. The summed E-state index contributed by atoms with van der Waals surface area (Å²) < 4.78 is 13.4. The molecule has 0 saturated carbocycles. The van der Waals surface area contributed by atoms with E-state index in [0.717, 1.165) is 70.1 Å². The van der Waals surface area contributed by atoms with Crippen molar-refractivity contribution in [3.05, 3.63) is 126 Å². The minimum Gasteiger partial charge on any atom is -0.368 e. The number of halogens is 2. The van der Waals surface area contributed by atoms with Gasteiger partial charge in [-0.1, -0.05) is 95.7 Å². The van der Waals surface area contributed by atoms with Crippen LogP contribution >= 0.6 is 22.9 Å². The zero-order valence-corrected chi connectivity index (χ0v) is 22.7. The molecule has 1 saturated heterocycles. The van der Waals surface area contributed by atoms with Gasteiger partial charge in [0.2, 0.25) is 0 Å². The van der Waals surface area contributed by atoms with Crippen LogP contribution in [-0.2, 0) is 0 Å². The molecule has 0 radical (unpaired) electrons. The average molecular weight is 553 g/mol. The molecular formula is C32H26ClFN4S. The molecule has 7 heteroatoms. The van der Waals surface area contributed by atoms with E-state index >= 15 is 0 Å². The number of aliphatic imine (C=N–C) groups is 1. The molecule has 2 heterocycles. The van der Waals surface area contributed by atoms with Gasteiger partial charge in [0.05, 0.1) is 0 Å². The summed E-state index contributed by atoms with van der Waals surface area (Å²) in [6.07, 6.45) is 0. The monoisotopic (exact) mass is 552 g/mol. The van der Waals surface area contributed by atoms with Crippen molar-refractivity contribution >= 4 is 39.5 Å². The second-order valence-electron chi connectivity index (χ2n) is 9.30. The number of anilines is 1. The topological polar surface area (TPSA) is 31.7 Å². The standard InChI is InChI=1S/C32H26ClFN4S/c33-26-13-11-25(12-14-26)31-35-29(23-7-3-1-4-8-23)32(39-31)36-30(24-9-5-2-6-10-24)38-21-19-37(20-22-38)28-17-15-27(34)16-18-28/h1-18H,19-22H2/b36-30-. The molecule has 0 aliphatic carbocycles. The van der Waals surface area contributed by atoms with Gasteiger partial charge in [0, 0.05) is 53.6 Å². The third-order valence-corrected chi connectivity index (χ3v) is 8.01. The Morgan fingerprint density at radius 2 is 1.38 bits per heavy atom. The highest BCUT2D eigenvalue weighted by Gasteiger charge is 2.23. The lowest BCUT2D eigenvalue weighted by molar-refractivity contribution is 0.386. The molecule has 1 aromatic heterocycles. The summed E-state index contributed by atoms with van der Waals surface area (Å²) in [5.41, 5.74) is 5.01. The van der Waals surface area contributed by atoms with Crippen molar-refractivity contribution in [1.82, 2.24) is 9.88 Å². The van der Waals surface area contributed by atoms with Gasteiger partial charge in [0.1, 0.15) is 27.4 Å². The van der Waals surface area contributed by atoms with Crippen LogP contribution in [0.25, 0.3) is 21.8 Å². The van der Waals surface area contributed by atoms with Gasteiger partial charge in [0.25, 0.3) is 0 Å². The lowest BCUT2D eigenvalue weighted by Crippen LogP contribution is -2.49. The number of hydrogen-bond donors (Lipinski definition) is 0. The summed E-state index contributed by atoms with van der Waals surface area (Å²) in [6.45, 7) is 3.24. The summed E-state index contributed by atoms with van der Waals surface area (Å²) in [7, 11) is 0. The molecule has 4 aromatic carbocycles. The summed E-state index contributed by atoms with van der Waals surface area (Å²) >= 11 is 7.73. The summed E-state index contributed by atoms with van der Waals surface area (Å²) in [4.78, 5) is 15.0. The number of piperazine rings is 1. The van der Waals surface area contributed by atoms with Gasteiger partial charge in [-0.15, -0.1) is 0 Å². The SMILES string of the molecule is Fc1ccc(N2CCN(/C(=N\c3sc(-c4ccc(Cl)cc4)nc3-c3ccccc3)c3ccccc3)CC2)cc1. The molecule has 0 unspecified atom stereocenters. The molecule has 1 aliphatic heterocycles. The Balaban J connectivity index is 1.38. The van der Waals surface area contributed by atoms with Gasteiger partial charge in [-0.05, 0) is 36.4 Å². The zero-order valence-electron chi connectivity index (χ0n) is 21.2. The highest BCUT2D eigenvalue weighted by molar-refractivity contribution is 7.19. The first-order valence-electron chi connectivity index (χ1n) is 12.9. The Bertz CT molecular complexity index is 1560. The predicted octanol–water partition coefficient (Wildman–Crippen LogP) is 8.17. The van der Waals surface area contributed by atoms with Crippen LogP contribution in [0.1, 0.15) is 5.56 Å². The Morgan fingerprint density at radius 1 is 0.744 bits per heavy atom. The number of thiazole rings is 1. The fraction of sp³-hybridized carbons (Fsp3) is 0.125. The first-order valence-corrected chi connectivity index (χ1v) is 14.1. The fourth-order valence-corrected chi connectivity index (χ4v) is 5.81. The van der Waals surface area contributed by atoms with Gasteiger partial charge >= 0.3 is 0 Å². The second-order valence-corrected chi connectivity index (χ2v) is 10.7. The minimum atomic E-state index is -0.215. The second kappa shape index (κ2) is 11.4. The highest BCUT2D eigenvalue weighted by atomic mass is 35.5. The molecule has 0 N–H and O–H groups in total. The van der Waals surface area contributed by atoms with Crippen LogP contribution < -0.4 is 4.90 Å². The van der Waals surface area contributed by atoms with Crippen LogP contribution in [0.3, 0.4) is 0 Å². The number of rotatable bonds is 5. The smallest absolute Gasteiger partial charge is 0.146 e. The normalized spacial score (nSPS) is 14.1. The zero-order chi connectivity index (χ0) is 26.6. The van der Waals surface area contributed by atoms with Crippen LogP contribution in [0.15, 0.2) is 114 Å².